The van der Waals surface area contributed by atoms with Gasteiger partial charge >= 0.3 is 5.69 Å². The maximum Gasteiger partial charge on any atom is 0.335 e. The standard InChI is InChI=1S/C21H23N5O3/c1-15-19(16(2)29-23-15)13-25-12-18(11-22-25)26-20(27)14-24(21(26)28)10-6-9-17-7-4-3-5-8-17/h3-5,7-8,11-12,14,27H,6,9-10,13H2,1-2H3. The molecule has 8 nitrogen and oxygen atoms in total. The molecule has 0 saturated heterocycles. The van der Waals surface area contributed by atoms with Gasteiger partial charge in [0.05, 0.1) is 30.3 Å². The molecule has 1 aromatic carbocycles. The van der Waals surface area contributed by atoms with E-state index in [2.05, 4.69) is 22.4 Å². The Labute approximate surface area is 167 Å². The van der Waals surface area contributed by atoms with E-state index >= 15 is 0 Å². The number of benzene rings is 1. The highest BCUT2D eigenvalue weighted by Gasteiger charge is 2.15. The van der Waals surface area contributed by atoms with Crippen LogP contribution < -0.4 is 5.69 Å². The van der Waals surface area contributed by atoms with E-state index in [9.17, 15) is 9.90 Å². The lowest BCUT2D eigenvalue weighted by atomic mass is 10.1. The summed E-state index contributed by atoms with van der Waals surface area (Å²) in [7, 11) is 0. The summed E-state index contributed by atoms with van der Waals surface area (Å²) < 4.78 is 9.67. The third-order valence-electron chi connectivity index (χ3n) is 5.02. The number of aryl methyl sites for hydroxylation is 4. The molecule has 1 N–H and O–H groups in total. The Bertz CT molecular complexity index is 1150. The van der Waals surface area contributed by atoms with Crippen LogP contribution in [0.2, 0.25) is 0 Å². The minimum atomic E-state index is -0.285. The predicted molar refractivity (Wildman–Crippen MR) is 107 cm³/mol. The minimum Gasteiger partial charge on any atom is -0.493 e. The van der Waals surface area contributed by atoms with Gasteiger partial charge in [0.25, 0.3) is 0 Å². The van der Waals surface area contributed by atoms with Gasteiger partial charge < -0.3 is 9.63 Å². The van der Waals surface area contributed by atoms with E-state index in [1.807, 2.05) is 32.0 Å². The van der Waals surface area contributed by atoms with Gasteiger partial charge in [-0.25, -0.2) is 9.36 Å². The first-order valence-electron chi connectivity index (χ1n) is 9.52. The van der Waals surface area contributed by atoms with E-state index < -0.39 is 0 Å². The molecule has 3 aromatic heterocycles. The van der Waals surface area contributed by atoms with Gasteiger partial charge in [-0.3, -0.25) is 9.25 Å². The summed E-state index contributed by atoms with van der Waals surface area (Å²) >= 11 is 0. The highest BCUT2D eigenvalue weighted by molar-refractivity contribution is 5.31. The number of aromatic nitrogens is 5. The average molecular weight is 393 g/mol. The van der Waals surface area contributed by atoms with Crippen LogP contribution in [-0.2, 0) is 19.5 Å². The smallest absolute Gasteiger partial charge is 0.335 e. The second-order valence-corrected chi connectivity index (χ2v) is 7.09. The Kier molecular flexibility index (Phi) is 5.07. The quantitative estimate of drug-likeness (QED) is 0.521. The predicted octanol–water partition coefficient (Wildman–Crippen LogP) is 2.83. The molecule has 0 amide bonds. The molecule has 29 heavy (non-hydrogen) atoms. The molecule has 0 atom stereocenters. The molecule has 0 spiro atoms. The fraction of sp³-hybridized carbons (Fsp3) is 0.286. The second-order valence-electron chi connectivity index (χ2n) is 7.09. The normalized spacial score (nSPS) is 11.2. The van der Waals surface area contributed by atoms with Crippen molar-refractivity contribution in [2.45, 2.75) is 39.8 Å². The Morgan fingerprint density at radius 1 is 1.14 bits per heavy atom. The van der Waals surface area contributed by atoms with Gasteiger partial charge in [-0.2, -0.15) is 5.10 Å². The van der Waals surface area contributed by atoms with Gasteiger partial charge in [-0.1, -0.05) is 35.5 Å². The van der Waals surface area contributed by atoms with Crippen molar-refractivity contribution in [1.29, 1.82) is 0 Å². The van der Waals surface area contributed by atoms with Gasteiger partial charge in [0.1, 0.15) is 5.76 Å². The number of hydrogen-bond donors (Lipinski definition) is 1. The van der Waals surface area contributed by atoms with Crippen molar-refractivity contribution < 1.29 is 9.63 Å². The van der Waals surface area contributed by atoms with Gasteiger partial charge in [0.15, 0.2) is 0 Å². The molecule has 0 bridgehead atoms. The van der Waals surface area contributed by atoms with Crippen LogP contribution in [0.5, 0.6) is 5.88 Å². The van der Waals surface area contributed by atoms with Crippen LogP contribution in [0, 0.1) is 13.8 Å². The van der Waals surface area contributed by atoms with E-state index in [0.717, 1.165) is 29.9 Å². The van der Waals surface area contributed by atoms with Crippen LogP contribution in [0.25, 0.3) is 5.69 Å². The summed E-state index contributed by atoms with van der Waals surface area (Å²) in [5, 5.41) is 18.6. The summed E-state index contributed by atoms with van der Waals surface area (Å²) in [6.45, 7) is 4.74. The van der Waals surface area contributed by atoms with Crippen LogP contribution in [0.15, 0.2) is 58.2 Å². The first kappa shape index (κ1) is 18.8. The number of imidazole rings is 1. The van der Waals surface area contributed by atoms with Gasteiger partial charge in [0.2, 0.25) is 5.88 Å². The first-order valence-corrected chi connectivity index (χ1v) is 9.52. The van der Waals surface area contributed by atoms with Crippen LogP contribution in [0.3, 0.4) is 0 Å². The molecule has 3 heterocycles. The zero-order valence-electron chi connectivity index (χ0n) is 16.4. The lowest BCUT2D eigenvalue weighted by Crippen LogP contribution is -2.23. The van der Waals surface area contributed by atoms with Crippen molar-refractivity contribution in [3.8, 4) is 11.6 Å². The Hall–Kier alpha value is -3.55. The highest BCUT2D eigenvalue weighted by Crippen LogP contribution is 2.17. The summed E-state index contributed by atoms with van der Waals surface area (Å²) in [5.74, 6) is 0.635. The molecular weight excluding hydrogens is 370 g/mol. The molecular formula is C21H23N5O3. The summed E-state index contributed by atoms with van der Waals surface area (Å²) in [4.78, 5) is 12.8. The molecule has 150 valence electrons. The molecule has 0 radical (unpaired) electrons. The summed E-state index contributed by atoms with van der Waals surface area (Å²) in [6, 6.07) is 10.1. The number of nitrogens with zero attached hydrogens (tertiary/aromatic N) is 5. The summed E-state index contributed by atoms with van der Waals surface area (Å²) in [5.41, 5.74) is 3.22. The molecule has 0 fully saturated rings. The fourth-order valence-electron chi connectivity index (χ4n) is 3.42. The maximum absolute atomic E-state index is 12.8. The van der Waals surface area contributed by atoms with Crippen molar-refractivity contribution in [3.63, 3.8) is 0 Å². The summed E-state index contributed by atoms with van der Waals surface area (Å²) in [6.07, 6.45) is 6.43. The zero-order chi connectivity index (χ0) is 20.4. The van der Waals surface area contributed by atoms with Crippen molar-refractivity contribution in [2.24, 2.45) is 0 Å². The van der Waals surface area contributed by atoms with E-state index in [0.29, 0.717) is 18.8 Å². The topological polar surface area (TPSA) is 91.0 Å². The minimum absolute atomic E-state index is 0.105. The molecule has 0 unspecified atom stereocenters. The maximum atomic E-state index is 12.8. The number of rotatable bonds is 7. The van der Waals surface area contributed by atoms with Crippen molar-refractivity contribution in [2.75, 3.05) is 0 Å². The molecule has 4 aromatic rings. The fourth-order valence-corrected chi connectivity index (χ4v) is 3.42. The van der Waals surface area contributed by atoms with Crippen LogP contribution in [0.4, 0.5) is 0 Å². The van der Waals surface area contributed by atoms with Crippen LogP contribution in [-0.4, -0.2) is 29.2 Å². The largest absolute Gasteiger partial charge is 0.493 e. The molecule has 0 aliphatic heterocycles. The number of hydrogen-bond acceptors (Lipinski definition) is 5. The van der Waals surface area contributed by atoms with Gasteiger partial charge in [-0.05, 0) is 32.3 Å². The molecule has 4 rings (SSSR count). The highest BCUT2D eigenvalue weighted by atomic mass is 16.5. The van der Waals surface area contributed by atoms with Crippen molar-refractivity contribution in [3.05, 3.63) is 82.0 Å². The van der Waals surface area contributed by atoms with E-state index in [-0.39, 0.29) is 11.6 Å². The lowest BCUT2D eigenvalue weighted by molar-refractivity contribution is 0.391. The second kappa shape index (κ2) is 7.83. The number of aromatic hydroxyl groups is 1. The van der Waals surface area contributed by atoms with E-state index in [1.54, 1.807) is 17.1 Å². The van der Waals surface area contributed by atoms with Gasteiger partial charge in [0, 0.05) is 18.3 Å². The Morgan fingerprint density at radius 2 is 1.93 bits per heavy atom. The van der Waals surface area contributed by atoms with Crippen LogP contribution >= 0.6 is 0 Å². The first-order chi connectivity index (χ1) is 14.0. The molecule has 0 aliphatic rings. The molecule has 0 aliphatic carbocycles. The van der Waals surface area contributed by atoms with E-state index in [1.165, 1.54) is 20.9 Å². The Balaban J connectivity index is 1.49. The van der Waals surface area contributed by atoms with Crippen molar-refractivity contribution >= 4 is 0 Å². The Morgan fingerprint density at radius 3 is 2.66 bits per heavy atom. The van der Waals surface area contributed by atoms with Crippen LogP contribution in [0.1, 0.15) is 29.0 Å². The average Bonchev–Trinajstić information content (AvgIpc) is 3.37. The third kappa shape index (κ3) is 3.87. The van der Waals surface area contributed by atoms with Crippen molar-refractivity contribution in [1.82, 2.24) is 24.1 Å². The third-order valence-corrected chi connectivity index (χ3v) is 5.02. The zero-order valence-corrected chi connectivity index (χ0v) is 16.4. The molecule has 0 saturated carbocycles. The lowest BCUT2D eigenvalue weighted by Gasteiger charge is -2.02. The van der Waals surface area contributed by atoms with E-state index in [4.69, 9.17) is 4.52 Å². The molecule has 8 heteroatoms. The van der Waals surface area contributed by atoms with Gasteiger partial charge in [-0.15, -0.1) is 0 Å². The monoisotopic (exact) mass is 393 g/mol. The SMILES string of the molecule is Cc1noc(C)c1Cn1cc(-n2c(O)cn(CCCc3ccccc3)c2=O)cn1.